The van der Waals surface area contributed by atoms with E-state index in [1.807, 2.05) is 47.5 Å². The maximum Gasteiger partial charge on any atom is 0.261 e. The van der Waals surface area contributed by atoms with Gasteiger partial charge in [-0.3, -0.25) is 14.8 Å². The monoisotopic (exact) mass is 452 g/mol. The predicted molar refractivity (Wildman–Crippen MR) is 131 cm³/mol. The Bertz CT molecular complexity index is 1500. The number of nitrogens with one attached hydrogen (secondary N) is 2. The van der Waals surface area contributed by atoms with Crippen molar-refractivity contribution in [3.8, 4) is 11.1 Å². The molecular weight excluding hydrogens is 428 g/mol. The number of amides is 1. The van der Waals surface area contributed by atoms with E-state index in [1.54, 1.807) is 12.4 Å². The number of H-pyrrole nitrogens is 1. The second kappa shape index (κ2) is 8.35. The van der Waals surface area contributed by atoms with E-state index in [4.69, 9.17) is 0 Å². The topological polar surface area (TPSA) is 105 Å². The van der Waals surface area contributed by atoms with E-state index in [2.05, 4.69) is 48.4 Å². The lowest BCUT2D eigenvalue weighted by molar-refractivity contribution is 0.102. The second-order valence-electron chi connectivity index (χ2n) is 8.80. The second-order valence-corrected chi connectivity index (χ2v) is 8.80. The standard InChI is InChI=1S/C25H24N8O/c1-32-8-5-21(6-9-32)33-15-20(14-29-33)24(34)31-25-28-12-18-3-2-16(11-22(18)30-25)19-10-17-4-7-26-23(17)27-13-19/h2-4,7,10-15,21H,5-6,8-9H2,1H3,(H,26,27)(H,28,30,31,34). The number of pyridine rings is 1. The first-order valence-electron chi connectivity index (χ1n) is 11.4. The molecule has 1 saturated heterocycles. The number of carbonyl (C=O) groups excluding carboxylic acids is 1. The lowest BCUT2D eigenvalue weighted by atomic mass is 10.1. The zero-order valence-electron chi connectivity index (χ0n) is 18.8. The van der Waals surface area contributed by atoms with Gasteiger partial charge in [0, 0.05) is 41.1 Å². The zero-order valence-corrected chi connectivity index (χ0v) is 18.8. The number of piperidine rings is 1. The summed E-state index contributed by atoms with van der Waals surface area (Å²) >= 11 is 0. The molecule has 1 aliphatic rings. The summed E-state index contributed by atoms with van der Waals surface area (Å²) in [6.45, 7) is 2.07. The summed E-state index contributed by atoms with van der Waals surface area (Å²) in [6, 6.07) is 10.4. The Labute approximate surface area is 195 Å². The van der Waals surface area contributed by atoms with Crippen molar-refractivity contribution < 1.29 is 4.79 Å². The minimum Gasteiger partial charge on any atom is -0.346 e. The van der Waals surface area contributed by atoms with Crippen LogP contribution < -0.4 is 5.32 Å². The Morgan fingerprint density at radius 2 is 1.91 bits per heavy atom. The number of nitrogens with zero attached hydrogens (tertiary/aromatic N) is 6. The van der Waals surface area contributed by atoms with Crippen molar-refractivity contribution in [2.45, 2.75) is 18.9 Å². The molecule has 5 heterocycles. The first-order chi connectivity index (χ1) is 16.6. The van der Waals surface area contributed by atoms with Gasteiger partial charge in [-0.15, -0.1) is 0 Å². The predicted octanol–water partition coefficient (Wildman–Crippen LogP) is 3.89. The van der Waals surface area contributed by atoms with Crippen LogP contribution in [0.4, 0.5) is 5.95 Å². The molecule has 34 heavy (non-hydrogen) atoms. The van der Waals surface area contributed by atoms with Gasteiger partial charge in [-0.25, -0.2) is 15.0 Å². The molecule has 0 aliphatic carbocycles. The largest absolute Gasteiger partial charge is 0.346 e. The van der Waals surface area contributed by atoms with Crippen molar-refractivity contribution in [1.29, 1.82) is 0 Å². The third kappa shape index (κ3) is 3.90. The van der Waals surface area contributed by atoms with Crippen LogP contribution in [0.15, 0.2) is 61.3 Å². The smallest absolute Gasteiger partial charge is 0.261 e. The summed E-state index contributed by atoms with van der Waals surface area (Å²) in [6.07, 6.45) is 10.9. The summed E-state index contributed by atoms with van der Waals surface area (Å²) in [7, 11) is 2.13. The third-order valence-corrected chi connectivity index (χ3v) is 6.47. The summed E-state index contributed by atoms with van der Waals surface area (Å²) in [5.74, 6) is -0.00213. The zero-order chi connectivity index (χ0) is 23.1. The molecule has 0 saturated carbocycles. The highest BCUT2D eigenvalue weighted by Gasteiger charge is 2.20. The fourth-order valence-electron chi connectivity index (χ4n) is 4.45. The van der Waals surface area contributed by atoms with Crippen molar-refractivity contribution in [2.75, 3.05) is 25.5 Å². The van der Waals surface area contributed by atoms with Gasteiger partial charge in [0.25, 0.3) is 5.91 Å². The van der Waals surface area contributed by atoms with Crippen LogP contribution in [0.3, 0.4) is 0 Å². The van der Waals surface area contributed by atoms with E-state index >= 15 is 0 Å². The van der Waals surface area contributed by atoms with E-state index in [1.165, 1.54) is 0 Å². The molecule has 0 bridgehead atoms. The summed E-state index contributed by atoms with van der Waals surface area (Å²) in [5, 5.41) is 9.19. The lowest BCUT2D eigenvalue weighted by Gasteiger charge is -2.28. The molecule has 4 aromatic heterocycles. The molecule has 1 aliphatic heterocycles. The first-order valence-corrected chi connectivity index (χ1v) is 11.4. The Morgan fingerprint density at radius 3 is 2.79 bits per heavy atom. The average molecular weight is 453 g/mol. The molecule has 9 nitrogen and oxygen atoms in total. The van der Waals surface area contributed by atoms with Gasteiger partial charge in [-0.05, 0) is 56.7 Å². The highest BCUT2D eigenvalue weighted by atomic mass is 16.1. The first kappa shape index (κ1) is 20.5. The van der Waals surface area contributed by atoms with Crippen LogP contribution in [0.5, 0.6) is 0 Å². The minimum absolute atomic E-state index is 0.265. The number of anilines is 1. The minimum atomic E-state index is -0.267. The maximum atomic E-state index is 12.8. The molecule has 0 atom stereocenters. The van der Waals surface area contributed by atoms with Crippen molar-refractivity contribution in [3.05, 3.63) is 66.9 Å². The van der Waals surface area contributed by atoms with Gasteiger partial charge >= 0.3 is 0 Å². The van der Waals surface area contributed by atoms with Gasteiger partial charge in [-0.1, -0.05) is 12.1 Å². The van der Waals surface area contributed by atoms with Gasteiger partial charge in [0.05, 0.1) is 23.3 Å². The van der Waals surface area contributed by atoms with Gasteiger partial charge in [0.2, 0.25) is 5.95 Å². The quantitative estimate of drug-likeness (QED) is 0.429. The fraction of sp³-hybridized carbons (Fsp3) is 0.240. The number of hydrogen-bond acceptors (Lipinski definition) is 6. The van der Waals surface area contributed by atoms with Crippen LogP contribution in [-0.2, 0) is 0 Å². The van der Waals surface area contributed by atoms with Crippen LogP contribution in [0.25, 0.3) is 33.1 Å². The Balaban J connectivity index is 1.22. The molecule has 0 spiro atoms. The van der Waals surface area contributed by atoms with Crippen LogP contribution in [0.2, 0.25) is 0 Å². The van der Waals surface area contributed by atoms with Crippen molar-refractivity contribution in [1.82, 2.24) is 34.6 Å². The van der Waals surface area contributed by atoms with Gasteiger partial charge in [0.15, 0.2) is 0 Å². The lowest BCUT2D eigenvalue weighted by Crippen LogP contribution is -2.31. The van der Waals surface area contributed by atoms with Crippen molar-refractivity contribution >= 4 is 33.8 Å². The van der Waals surface area contributed by atoms with Crippen LogP contribution >= 0.6 is 0 Å². The van der Waals surface area contributed by atoms with Gasteiger partial charge < -0.3 is 9.88 Å². The van der Waals surface area contributed by atoms with Gasteiger partial charge in [0.1, 0.15) is 5.65 Å². The Morgan fingerprint density at radius 1 is 1.03 bits per heavy atom. The maximum absolute atomic E-state index is 12.8. The summed E-state index contributed by atoms with van der Waals surface area (Å²) in [5.41, 5.74) is 4.11. The van der Waals surface area contributed by atoms with Crippen molar-refractivity contribution in [3.63, 3.8) is 0 Å². The molecule has 1 aromatic carbocycles. The molecule has 0 unspecified atom stereocenters. The molecule has 1 amide bonds. The van der Waals surface area contributed by atoms with Crippen molar-refractivity contribution in [2.24, 2.45) is 0 Å². The molecular formula is C25H24N8O. The van der Waals surface area contributed by atoms with Gasteiger partial charge in [-0.2, -0.15) is 5.10 Å². The number of carbonyl (C=O) groups is 1. The van der Waals surface area contributed by atoms with E-state index in [-0.39, 0.29) is 11.9 Å². The molecule has 5 aromatic rings. The number of aromatic nitrogens is 6. The summed E-state index contributed by atoms with van der Waals surface area (Å²) in [4.78, 5) is 31.6. The number of benzene rings is 1. The Hall–Kier alpha value is -4.11. The van der Waals surface area contributed by atoms with Crippen LogP contribution in [-0.4, -0.2) is 60.7 Å². The molecule has 6 rings (SSSR count). The third-order valence-electron chi connectivity index (χ3n) is 6.47. The van der Waals surface area contributed by atoms with E-state index in [9.17, 15) is 4.79 Å². The summed E-state index contributed by atoms with van der Waals surface area (Å²) < 4.78 is 1.91. The molecule has 2 N–H and O–H groups in total. The highest BCUT2D eigenvalue weighted by molar-refractivity contribution is 6.03. The van der Waals surface area contributed by atoms with Crippen LogP contribution in [0, 0.1) is 0 Å². The van der Waals surface area contributed by atoms with E-state index in [0.29, 0.717) is 11.6 Å². The number of fused-ring (bicyclic) bond motifs is 2. The Kier molecular flexibility index (Phi) is 5.03. The molecule has 170 valence electrons. The molecule has 9 heteroatoms. The average Bonchev–Trinajstić information content (AvgIpc) is 3.54. The molecule has 0 radical (unpaired) electrons. The van der Waals surface area contributed by atoms with E-state index < -0.39 is 0 Å². The number of rotatable bonds is 4. The fourth-order valence-corrected chi connectivity index (χ4v) is 4.45. The number of hydrogen-bond donors (Lipinski definition) is 2. The van der Waals surface area contributed by atoms with Crippen LogP contribution in [0.1, 0.15) is 29.2 Å². The highest BCUT2D eigenvalue weighted by Crippen LogP contribution is 2.26. The SMILES string of the molecule is CN1CCC(n2cc(C(=O)Nc3ncc4ccc(-c5cnc6[nH]ccc6c5)cc4n3)cn2)CC1. The number of aromatic amines is 1. The molecule has 1 fully saturated rings. The van der Waals surface area contributed by atoms with E-state index in [0.717, 1.165) is 59.0 Å². The normalized spacial score (nSPS) is 15.2. The number of likely N-dealkylation sites (tertiary alicyclic amines) is 1.